The summed E-state index contributed by atoms with van der Waals surface area (Å²) in [6.07, 6.45) is 1.32. The number of fused-ring (bicyclic) bond motifs is 1. The standard InChI is InChI=1S/C12H11ClN4O/c1-8-3-2-4-9-12(8)17(11(5-13)15-9)6-10-14-7-18-16-10/h2-4,7H,5-6H2,1H3. The van der Waals surface area contributed by atoms with Gasteiger partial charge >= 0.3 is 0 Å². The molecular weight excluding hydrogens is 252 g/mol. The minimum Gasteiger partial charge on any atom is -0.343 e. The molecule has 92 valence electrons. The molecule has 5 nitrogen and oxygen atoms in total. The average Bonchev–Trinajstić information content (AvgIpc) is 2.98. The van der Waals surface area contributed by atoms with Gasteiger partial charge in [-0.25, -0.2) is 4.98 Å². The van der Waals surface area contributed by atoms with E-state index in [0.717, 1.165) is 22.4 Å². The summed E-state index contributed by atoms with van der Waals surface area (Å²) >= 11 is 5.95. The molecule has 0 fully saturated rings. The van der Waals surface area contributed by atoms with Gasteiger partial charge in [0.2, 0.25) is 6.39 Å². The summed E-state index contributed by atoms with van der Waals surface area (Å²) in [5.74, 6) is 1.78. The molecule has 0 spiro atoms. The predicted molar refractivity (Wildman–Crippen MR) is 67.4 cm³/mol. The van der Waals surface area contributed by atoms with E-state index in [1.165, 1.54) is 6.39 Å². The molecule has 1 aromatic carbocycles. The van der Waals surface area contributed by atoms with Gasteiger partial charge in [0.25, 0.3) is 0 Å². The van der Waals surface area contributed by atoms with Crippen molar-refractivity contribution in [1.29, 1.82) is 0 Å². The average molecular weight is 263 g/mol. The highest BCUT2D eigenvalue weighted by Crippen LogP contribution is 2.21. The van der Waals surface area contributed by atoms with Crippen LogP contribution in [-0.2, 0) is 12.4 Å². The molecule has 6 heteroatoms. The van der Waals surface area contributed by atoms with Crippen molar-refractivity contribution in [2.24, 2.45) is 0 Å². The minimum absolute atomic E-state index is 0.353. The summed E-state index contributed by atoms with van der Waals surface area (Å²) in [6.45, 7) is 2.56. The Morgan fingerprint density at radius 1 is 1.39 bits per heavy atom. The third kappa shape index (κ3) is 1.76. The number of aromatic nitrogens is 4. The maximum atomic E-state index is 5.95. The van der Waals surface area contributed by atoms with E-state index in [-0.39, 0.29) is 0 Å². The first-order valence-electron chi connectivity index (χ1n) is 5.55. The van der Waals surface area contributed by atoms with Crippen molar-refractivity contribution >= 4 is 22.6 Å². The molecule has 0 amide bonds. The number of imidazole rings is 1. The smallest absolute Gasteiger partial charge is 0.213 e. The van der Waals surface area contributed by atoms with Crippen LogP contribution in [0.1, 0.15) is 17.2 Å². The van der Waals surface area contributed by atoms with E-state index in [1.54, 1.807) is 0 Å². The Morgan fingerprint density at radius 3 is 3.00 bits per heavy atom. The molecule has 3 aromatic rings. The number of alkyl halides is 1. The molecule has 0 saturated heterocycles. The molecule has 0 bridgehead atoms. The summed E-state index contributed by atoms with van der Waals surface area (Å²) in [5, 5.41) is 3.83. The fraction of sp³-hybridized carbons (Fsp3) is 0.250. The number of benzene rings is 1. The van der Waals surface area contributed by atoms with Gasteiger partial charge in [-0.05, 0) is 18.6 Å². The van der Waals surface area contributed by atoms with Crippen molar-refractivity contribution in [3.63, 3.8) is 0 Å². The van der Waals surface area contributed by atoms with Crippen molar-refractivity contribution in [3.8, 4) is 0 Å². The monoisotopic (exact) mass is 262 g/mol. The molecule has 0 unspecified atom stereocenters. The van der Waals surface area contributed by atoms with E-state index in [9.17, 15) is 0 Å². The van der Waals surface area contributed by atoms with Crippen LogP contribution >= 0.6 is 11.6 Å². The van der Waals surface area contributed by atoms with E-state index in [4.69, 9.17) is 16.1 Å². The number of halogens is 1. The maximum absolute atomic E-state index is 5.95. The Bertz CT molecular complexity index is 675. The van der Waals surface area contributed by atoms with Gasteiger partial charge in [0.05, 0.1) is 23.5 Å². The van der Waals surface area contributed by atoms with Gasteiger partial charge in [-0.2, -0.15) is 4.98 Å². The van der Waals surface area contributed by atoms with Crippen LogP contribution in [0.15, 0.2) is 29.1 Å². The van der Waals surface area contributed by atoms with E-state index in [2.05, 4.69) is 28.1 Å². The molecule has 2 heterocycles. The second kappa shape index (κ2) is 4.42. The molecule has 3 rings (SSSR count). The third-order valence-electron chi connectivity index (χ3n) is 2.87. The van der Waals surface area contributed by atoms with Crippen LogP contribution in [0.4, 0.5) is 0 Å². The lowest BCUT2D eigenvalue weighted by molar-refractivity contribution is 0.408. The Balaban J connectivity index is 2.19. The van der Waals surface area contributed by atoms with Gasteiger partial charge in [-0.1, -0.05) is 17.3 Å². The number of aryl methyl sites for hydroxylation is 1. The summed E-state index contributed by atoms with van der Waals surface area (Å²) in [5.41, 5.74) is 3.16. The predicted octanol–water partition coefficient (Wildman–Crippen LogP) is 2.51. The first kappa shape index (κ1) is 11.2. The van der Waals surface area contributed by atoms with Crippen molar-refractivity contribution in [2.45, 2.75) is 19.3 Å². The molecule has 0 N–H and O–H groups in total. The summed E-state index contributed by atoms with van der Waals surface area (Å²) in [6, 6.07) is 6.02. The van der Waals surface area contributed by atoms with Gasteiger partial charge in [0.15, 0.2) is 5.82 Å². The zero-order valence-corrected chi connectivity index (χ0v) is 10.6. The second-order valence-corrected chi connectivity index (χ2v) is 4.31. The van der Waals surface area contributed by atoms with Crippen LogP contribution in [0.2, 0.25) is 0 Å². The number of hydrogen-bond donors (Lipinski definition) is 0. The molecule has 0 aliphatic carbocycles. The highest BCUT2D eigenvalue weighted by atomic mass is 35.5. The molecule has 18 heavy (non-hydrogen) atoms. The van der Waals surface area contributed by atoms with E-state index >= 15 is 0 Å². The molecule has 0 atom stereocenters. The molecule has 0 aliphatic rings. The van der Waals surface area contributed by atoms with Gasteiger partial charge < -0.3 is 9.09 Å². The number of rotatable bonds is 3. The molecule has 0 aliphatic heterocycles. The summed E-state index contributed by atoms with van der Waals surface area (Å²) in [7, 11) is 0. The Labute approximate surface area is 108 Å². The fourth-order valence-corrected chi connectivity index (χ4v) is 2.29. The number of para-hydroxylation sites is 1. The SMILES string of the molecule is Cc1cccc2nc(CCl)n(Cc3ncon3)c12. The minimum atomic E-state index is 0.353. The van der Waals surface area contributed by atoms with Gasteiger partial charge in [0.1, 0.15) is 5.82 Å². The van der Waals surface area contributed by atoms with Crippen LogP contribution in [0.25, 0.3) is 11.0 Å². The lowest BCUT2D eigenvalue weighted by Gasteiger charge is -2.06. The Hall–Kier alpha value is -1.88. The lowest BCUT2D eigenvalue weighted by atomic mass is 10.2. The molecule has 2 aromatic heterocycles. The van der Waals surface area contributed by atoms with Crippen molar-refractivity contribution in [2.75, 3.05) is 0 Å². The zero-order chi connectivity index (χ0) is 12.5. The van der Waals surface area contributed by atoms with E-state index < -0.39 is 0 Å². The van der Waals surface area contributed by atoms with Crippen LogP contribution in [0.5, 0.6) is 0 Å². The molecule has 0 radical (unpaired) electrons. The number of hydrogen-bond acceptors (Lipinski definition) is 4. The van der Waals surface area contributed by atoms with Crippen LogP contribution in [-0.4, -0.2) is 19.7 Å². The van der Waals surface area contributed by atoms with Crippen LogP contribution in [0.3, 0.4) is 0 Å². The maximum Gasteiger partial charge on any atom is 0.213 e. The number of nitrogens with zero attached hydrogens (tertiary/aromatic N) is 4. The Kier molecular flexibility index (Phi) is 2.76. The molecule has 0 saturated carbocycles. The quantitative estimate of drug-likeness (QED) is 0.681. The first-order chi connectivity index (χ1) is 8.79. The fourth-order valence-electron chi connectivity index (χ4n) is 2.09. The van der Waals surface area contributed by atoms with Gasteiger partial charge in [-0.15, -0.1) is 11.6 Å². The topological polar surface area (TPSA) is 56.7 Å². The molecular formula is C12H11ClN4O. The summed E-state index contributed by atoms with van der Waals surface area (Å²) in [4.78, 5) is 8.55. The van der Waals surface area contributed by atoms with Gasteiger partial charge in [-0.3, -0.25) is 0 Å². The van der Waals surface area contributed by atoms with Crippen LogP contribution < -0.4 is 0 Å². The van der Waals surface area contributed by atoms with Gasteiger partial charge in [0, 0.05) is 0 Å². The highest BCUT2D eigenvalue weighted by molar-refractivity contribution is 6.16. The van der Waals surface area contributed by atoms with Crippen LogP contribution in [0, 0.1) is 6.92 Å². The Morgan fingerprint density at radius 2 is 2.28 bits per heavy atom. The lowest BCUT2D eigenvalue weighted by Crippen LogP contribution is -2.05. The van der Waals surface area contributed by atoms with Crippen molar-refractivity contribution < 1.29 is 4.52 Å². The second-order valence-electron chi connectivity index (χ2n) is 4.04. The van der Waals surface area contributed by atoms with E-state index in [1.807, 2.05) is 16.7 Å². The van der Waals surface area contributed by atoms with Crippen molar-refractivity contribution in [3.05, 3.63) is 41.8 Å². The first-order valence-corrected chi connectivity index (χ1v) is 6.09. The third-order valence-corrected chi connectivity index (χ3v) is 3.11. The largest absolute Gasteiger partial charge is 0.343 e. The normalized spacial score (nSPS) is 11.2. The zero-order valence-electron chi connectivity index (χ0n) is 9.80. The highest BCUT2D eigenvalue weighted by Gasteiger charge is 2.13. The summed E-state index contributed by atoms with van der Waals surface area (Å²) < 4.78 is 6.78. The van der Waals surface area contributed by atoms with E-state index in [0.29, 0.717) is 18.2 Å². The van der Waals surface area contributed by atoms with Crippen molar-refractivity contribution in [1.82, 2.24) is 19.7 Å².